The standard InChI is InChI=1S/C14H15F3N4O2S/c1-8-7-24-12(20-8)13(23,14(15,16)17)5-11(22)19-6-10-3-4-18-9(2)21-10/h3-4,7,23H,5-6H2,1-2H3,(H,19,22)/t13-/m0/s1. The summed E-state index contributed by atoms with van der Waals surface area (Å²) in [4.78, 5) is 23.5. The number of amides is 1. The van der Waals surface area contributed by atoms with Crippen molar-refractivity contribution in [3.05, 3.63) is 39.9 Å². The summed E-state index contributed by atoms with van der Waals surface area (Å²) < 4.78 is 39.9. The van der Waals surface area contributed by atoms with E-state index in [-0.39, 0.29) is 6.54 Å². The monoisotopic (exact) mass is 360 g/mol. The number of rotatable bonds is 5. The van der Waals surface area contributed by atoms with Crippen LogP contribution in [0.15, 0.2) is 17.6 Å². The fourth-order valence-electron chi connectivity index (χ4n) is 1.93. The first kappa shape index (κ1) is 18.3. The van der Waals surface area contributed by atoms with Gasteiger partial charge < -0.3 is 10.4 Å². The highest BCUT2D eigenvalue weighted by Crippen LogP contribution is 2.42. The van der Waals surface area contributed by atoms with Crippen LogP contribution in [0.25, 0.3) is 0 Å². The molecule has 10 heteroatoms. The molecule has 0 saturated carbocycles. The van der Waals surface area contributed by atoms with Crippen LogP contribution < -0.4 is 5.32 Å². The molecule has 0 unspecified atom stereocenters. The summed E-state index contributed by atoms with van der Waals surface area (Å²) in [5.74, 6) is -0.481. The van der Waals surface area contributed by atoms with Crippen LogP contribution in [-0.4, -0.2) is 32.1 Å². The molecule has 0 bridgehead atoms. The number of carbonyl (C=O) groups is 1. The smallest absolute Gasteiger partial charge is 0.374 e. The van der Waals surface area contributed by atoms with Gasteiger partial charge in [0.15, 0.2) is 0 Å². The van der Waals surface area contributed by atoms with Crippen molar-refractivity contribution < 1.29 is 23.1 Å². The highest BCUT2D eigenvalue weighted by atomic mass is 32.1. The Morgan fingerprint density at radius 3 is 2.58 bits per heavy atom. The van der Waals surface area contributed by atoms with Crippen molar-refractivity contribution in [2.45, 2.75) is 38.6 Å². The minimum Gasteiger partial charge on any atom is -0.374 e. The molecule has 2 aromatic heterocycles. The SMILES string of the molecule is Cc1csc([C@@](O)(CC(=O)NCc2ccnc(C)n2)C(F)(F)F)n1. The molecule has 2 heterocycles. The molecule has 24 heavy (non-hydrogen) atoms. The van der Waals surface area contributed by atoms with Crippen LogP contribution in [0, 0.1) is 13.8 Å². The molecule has 6 nitrogen and oxygen atoms in total. The second kappa shape index (κ2) is 6.81. The Morgan fingerprint density at radius 2 is 2.04 bits per heavy atom. The fourth-order valence-corrected chi connectivity index (χ4v) is 2.84. The second-order valence-electron chi connectivity index (χ2n) is 5.20. The van der Waals surface area contributed by atoms with Gasteiger partial charge in [0, 0.05) is 17.3 Å². The minimum absolute atomic E-state index is 0.0625. The topological polar surface area (TPSA) is 88.0 Å². The van der Waals surface area contributed by atoms with E-state index in [1.54, 1.807) is 6.92 Å². The number of aliphatic hydroxyl groups is 1. The molecule has 130 valence electrons. The number of alkyl halides is 3. The highest BCUT2D eigenvalue weighted by Gasteiger charge is 2.58. The minimum atomic E-state index is -5.03. The molecule has 1 atom stereocenters. The van der Waals surface area contributed by atoms with Crippen LogP contribution in [0.3, 0.4) is 0 Å². The van der Waals surface area contributed by atoms with Crippen LogP contribution in [0.4, 0.5) is 13.2 Å². The zero-order valence-electron chi connectivity index (χ0n) is 12.9. The van der Waals surface area contributed by atoms with Gasteiger partial charge in [0.1, 0.15) is 10.8 Å². The number of nitrogens with one attached hydrogen (secondary N) is 1. The van der Waals surface area contributed by atoms with E-state index in [2.05, 4.69) is 20.3 Å². The number of nitrogens with zero attached hydrogens (tertiary/aromatic N) is 3. The van der Waals surface area contributed by atoms with Gasteiger partial charge in [-0.25, -0.2) is 15.0 Å². The third-order valence-corrected chi connectivity index (χ3v) is 4.27. The summed E-state index contributed by atoms with van der Waals surface area (Å²) in [7, 11) is 0. The molecule has 0 aliphatic carbocycles. The molecule has 2 rings (SSSR count). The van der Waals surface area contributed by atoms with Crippen molar-refractivity contribution in [2.75, 3.05) is 0 Å². The third kappa shape index (κ3) is 4.06. The molecule has 2 aromatic rings. The van der Waals surface area contributed by atoms with Crippen LogP contribution in [0.2, 0.25) is 0 Å². The van der Waals surface area contributed by atoms with Gasteiger partial charge >= 0.3 is 6.18 Å². The van der Waals surface area contributed by atoms with E-state index in [1.807, 2.05) is 0 Å². The molecular formula is C14H15F3N4O2S. The van der Waals surface area contributed by atoms with Crippen LogP contribution in [0.5, 0.6) is 0 Å². The Labute approximate surface area is 139 Å². The van der Waals surface area contributed by atoms with E-state index < -0.39 is 29.1 Å². The van der Waals surface area contributed by atoms with Crippen molar-refractivity contribution in [2.24, 2.45) is 0 Å². The maximum atomic E-state index is 13.3. The summed E-state index contributed by atoms with van der Waals surface area (Å²) in [6, 6.07) is 1.54. The average Bonchev–Trinajstić information content (AvgIpc) is 2.91. The summed E-state index contributed by atoms with van der Waals surface area (Å²) in [5.41, 5.74) is -2.52. The van der Waals surface area contributed by atoms with Crippen molar-refractivity contribution >= 4 is 17.2 Å². The molecule has 0 aromatic carbocycles. The van der Waals surface area contributed by atoms with Gasteiger partial charge in [0.05, 0.1) is 18.7 Å². The first-order chi connectivity index (χ1) is 11.1. The summed E-state index contributed by atoms with van der Waals surface area (Å²) in [5, 5.41) is 13.2. The van der Waals surface area contributed by atoms with Crippen molar-refractivity contribution in [3.8, 4) is 0 Å². The maximum absolute atomic E-state index is 13.3. The first-order valence-electron chi connectivity index (χ1n) is 6.89. The van der Waals surface area contributed by atoms with Gasteiger partial charge in [-0.05, 0) is 19.9 Å². The fraction of sp³-hybridized carbons (Fsp3) is 0.429. The Morgan fingerprint density at radius 1 is 1.33 bits per heavy atom. The lowest BCUT2D eigenvalue weighted by Gasteiger charge is -2.27. The summed E-state index contributed by atoms with van der Waals surface area (Å²) in [6.07, 6.45) is -4.72. The summed E-state index contributed by atoms with van der Waals surface area (Å²) >= 11 is 0.660. The lowest BCUT2D eigenvalue weighted by atomic mass is 9.99. The average molecular weight is 360 g/mol. The predicted octanol–water partition coefficient (Wildman–Crippen LogP) is 2.01. The van der Waals surface area contributed by atoms with Gasteiger partial charge in [-0.1, -0.05) is 0 Å². The molecule has 0 fully saturated rings. The zero-order valence-corrected chi connectivity index (χ0v) is 13.7. The van der Waals surface area contributed by atoms with E-state index in [1.165, 1.54) is 24.6 Å². The first-order valence-corrected chi connectivity index (χ1v) is 7.77. The van der Waals surface area contributed by atoms with Gasteiger partial charge in [-0.3, -0.25) is 4.79 Å². The van der Waals surface area contributed by atoms with E-state index in [0.717, 1.165) is 0 Å². The Bertz CT molecular complexity index is 735. The molecule has 1 amide bonds. The van der Waals surface area contributed by atoms with E-state index in [0.29, 0.717) is 28.5 Å². The Kier molecular flexibility index (Phi) is 5.19. The van der Waals surface area contributed by atoms with Gasteiger partial charge in [-0.2, -0.15) is 13.2 Å². The molecule has 0 radical (unpaired) electrons. The van der Waals surface area contributed by atoms with E-state index in [9.17, 15) is 23.1 Å². The van der Waals surface area contributed by atoms with Crippen LogP contribution in [0.1, 0.15) is 28.6 Å². The zero-order chi connectivity index (χ0) is 18.0. The normalized spacial score (nSPS) is 14.2. The highest BCUT2D eigenvalue weighted by molar-refractivity contribution is 7.09. The lowest BCUT2D eigenvalue weighted by molar-refractivity contribution is -0.267. The number of carbonyl (C=O) groups excluding carboxylic acids is 1. The number of hydrogen-bond donors (Lipinski definition) is 2. The Hall–Kier alpha value is -2.07. The van der Waals surface area contributed by atoms with Crippen LogP contribution in [-0.2, 0) is 16.9 Å². The number of thiazole rings is 1. The molecule has 0 aliphatic rings. The van der Waals surface area contributed by atoms with Crippen molar-refractivity contribution in [3.63, 3.8) is 0 Å². The summed E-state index contributed by atoms with van der Waals surface area (Å²) in [6.45, 7) is 3.10. The van der Waals surface area contributed by atoms with Gasteiger partial charge in [0.25, 0.3) is 0 Å². The number of halogens is 3. The second-order valence-corrected chi connectivity index (χ2v) is 6.06. The number of hydrogen-bond acceptors (Lipinski definition) is 6. The Balaban J connectivity index is 2.11. The largest absolute Gasteiger partial charge is 0.424 e. The maximum Gasteiger partial charge on any atom is 0.424 e. The van der Waals surface area contributed by atoms with Crippen molar-refractivity contribution in [1.29, 1.82) is 0 Å². The number of aromatic nitrogens is 3. The molecular weight excluding hydrogens is 345 g/mol. The molecule has 0 saturated heterocycles. The quantitative estimate of drug-likeness (QED) is 0.852. The van der Waals surface area contributed by atoms with E-state index >= 15 is 0 Å². The van der Waals surface area contributed by atoms with Crippen LogP contribution >= 0.6 is 11.3 Å². The van der Waals surface area contributed by atoms with E-state index in [4.69, 9.17) is 0 Å². The third-order valence-electron chi connectivity index (χ3n) is 3.16. The van der Waals surface area contributed by atoms with Gasteiger partial charge in [0.2, 0.25) is 11.5 Å². The molecule has 0 spiro atoms. The van der Waals surface area contributed by atoms with Crippen molar-refractivity contribution in [1.82, 2.24) is 20.3 Å². The van der Waals surface area contributed by atoms with Gasteiger partial charge in [-0.15, -0.1) is 11.3 Å². The molecule has 0 aliphatic heterocycles. The lowest BCUT2D eigenvalue weighted by Crippen LogP contribution is -2.46. The molecule has 2 N–H and O–H groups in total. The number of aryl methyl sites for hydroxylation is 2. The predicted molar refractivity (Wildman–Crippen MR) is 80.0 cm³/mol.